The number of aryl methyl sites for hydroxylation is 1. The van der Waals surface area contributed by atoms with Crippen molar-refractivity contribution in [3.05, 3.63) is 69.6 Å². The molecule has 0 amide bonds. The minimum Gasteiger partial charge on any atom is -0.364 e. The number of hydrogen-bond acceptors (Lipinski definition) is 5. The van der Waals surface area contributed by atoms with E-state index >= 15 is 0 Å². The van der Waals surface area contributed by atoms with E-state index in [0.717, 1.165) is 30.2 Å². The van der Waals surface area contributed by atoms with Crippen molar-refractivity contribution >= 4 is 16.7 Å². The van der Waals surface area contributed by atoms with E-state index in [1.165, 1.54) is 24.0 Å². The van der Waals surface area contributed by atoms with Crippen molar-refractivity contribution in [1.82, 2.24) is 14.5 Å². The van der Waals surface area contributed by atoms with Gasteiger partial charge in [-0.1, -0.05) is 24.3 Å². The van der Waals surface area contributed by atoms with E-state index in [1.54, 1.807) is 23.7 Å². The first-order valence-corrected chi connectivity index (χ1v) is 11.9. The largest absolute Gasteiger partial charge is 0.364 e. The van der Waals surface area contributed by atoms with Crippen LogP contribution in [0.1, 0.15) is 62.4 Å². The summed E-state index contributed by atoms with van der Waals surface area (Å²) in [6.07, 6.45) is 2.65. The monoisotopic (exact) mass is 441 g/mol. The summed E-state index contributed by atoms with van der Waals surface area (Å²) in [5.41, 5.74) is 5.42. The average Bonchev–Trinajstić information content (AvgIpc) is 3.67. The van der Waals surface area contributed by atoms with Crippen LogP contribution in [0.25, 0.3) is 11.0 Å². The summed E-state index contributed by atoms with van der Waals surface area (Å²) in [6, 6.07) is 17.3. The molecular weight excluding hydrogens is 410 g/mol. The molecule has 170 valence electrons. The van der Waals surface area contributed by atoms with Crippen molar-refractivity contribution in [2.24, 2.45) is 7.05 Å². The third-order valence-electron chi connectivity index (χ3n) is 7.49. The maximum Gasteiger partial charge on any atom is 0.252 e. The van der Waals surface area contributed by atoms with Crippen LogP contribution in [0.15, 0.2) is 47.3 Å². The van der Waals surface area contributed by atoms with Gasteiger partial charge in [0.25, 0.3) is 5.56 Å². The quantitative estimate of drug-likeness (QED) is 0.603. The summed E-state index contributed by atoms with van der Waals surface area (Å²) >= 11 is 0. The Morgan fingerprint density at radius 2 is 1.79 bits per heavy atom. The number of benzene rings is 1. The minimum atomic E-state index is -0.0598. The van der Waals surface area contributed by atoms with Gasteiger partial charge in [0.15, 0.2) is 0 Å². The molecule has 2 aliphatic rings. The molecular formula is C27H31N5O. The fourth-order valence-corrected chi connectivity index (χ4v) is 5.28. The van der Waals surface area contributed by atoms with Crippen LogP contribution in [0.4, 0.5) is 5.69 Å². The Balaban J connectivity index is 1.44. The maximum absolute atomic E-state index is 12.7. The first-order valence-electron chi connectivity index (χ1n) is 11.9. The number of aromatic nitrogens is 2. The Labute approximate surface area is 195 Å². The van der Waals surface area contributed by atoms with Crippen LogP contribution >= 0.6 is 0 Å². The molecule has 3 atom stereocenters. The normalized spacial score (nSPS) is 22.3. The Hall–Kier alpha value is -3.17. The van der Waals surface area contributed by atoms with Gasteiger partial charge in [0.1, 0.15) is 17.3 Å². The van der Waals surface area contributed by atoms with Crippen LogP contribution in [0.5, 0.6) is 0 Å². The highest BCUT2D eigenvalue weighted by Gasteiger charge is 2.34. The standard InChI is InChI=1S/C27H31N5O/c1-17-16-32(25-13-26(33)30(4)24-12-11-23(14-28)29-27(24)25)18(2)15-31(17)19(3)20-5-7-21(8-6-20)22-9-10-22/h5-8,11-13,17-19,22H,9-10,15-16H2,1-4H3/t17?,18-,19?/m0/s1. The molecule has 33 heavy (non-hydrogen) atoms. The topological polar surface area (TPSA) is 65.2 Å². The lowest BCUT2D eigenvalue weighted by Gasteiger charge is -2.47. The molecule has 0 radical (unpaired) electrons. The number of nitriles is 1. The molecule has 3 heterocycles. The van der Waals surface area contributed by atoms with Gasteiger partial charge in [-0.25, -0.2) is 4.98 Å². The van der Waals surface area contributed by atoms with E-state index in [0.29, 0.717) is 23.3 Å². The van der Waals surface area contributed by atoms with Crippen LogP contribution < -0.4 is 10.5 Å². The van der Waals surface area contributed by atoms with E-state index < -0.39 is 0 Å². The second kappa shape index (κ2) is 8.31. The Kier molecular flexibility index (Phi) is 5.46. The molecule has 6 nitrogen and oxygen atoms in total. The third-order valence-corrected chi connectivity index (χ3v) is 7.49. The number of anilines is 1. The Morgan fingerprint density at radius 3 is 2.45 bits per heavy atom. The molecule has 6 heteroatoms. The Bertz CT molecular complexity index is 1280. The predicted octanol–water partition coefficient (Wildman–Crippen LogP) is 4.34. The molecule has 0 N–H and O–H groups in total. The van der Waals surface area contributed by atoms with Gasteiger partial charge < -0.3 is 9.47 Å². The van der Waals surface area contributed by atoms with Gasteiger partial charge in [0.05, 0.1) is 11.2 Å². The average molecular weight is 442 g/mol. The van der Waals surface area contributed by atoms with E-state index in [-0.39, 0.29) is 11.6 Å². The van der Waals surface area contributed by atoms with E-state index in [2.05, 4.69) is 65.9 Å². The summed E-state index contributed by atoms with van der Waals surface area (Å²) in [4.78, 5) is 22.1. The van der Waals surface area contributed by atoms with Crippen LogP contribution in [-0.4, -0.2) is 39.6 Å². The molecule has 1 saturated carbocycles. The van der Waals surface area contributed by atoms with Crippen molar-refractivity contribution in [2.45, 2.75) is 57.7 Å². The van der Waals surface area contributed by atoms with Crippen molar-refractivity contribution in [3.8, 4) is 6.07 Å². The number of fused-ring (bicyclic) bond motifs is 1. The number of rotatable bonds is 4. The van der Waals surface area contributed by atoms with Crippen LogP contribution in [0.2, 0.25) is 0 Å². The molecule has 1 aliphatic heterocycles. The van der Waals surface area contributed by atoms with Gasteiger partial charge in [-0.15, -0.1) is 0 Å². The van der Waals surface area contributed by atoms with Gasteiger partial charge >= 0.3 is 0 Å². The maximum atomic E-state index is 12.7. The lowest BCUT2D eigenvalue weighted by Crippen LogP contribution is -2.57. The fraction of sp³-hybridized carbons (Fsp3) is 0.444. The molecule has 0 bridgehead atoms. The van der Waals surface area contributed by atoms with Gasteiger partial charge in [-0.2, -0.15) is 5.26 Å². The molecule has 5 rings (SSSR count). The highest BCUT2D eigenvalue weighted by molar-refractivity contribution is 5.89. The van der Waals surface area contributed by atoms with E-state index in [4.69, 9.17) is 0 Å². The number of piperazine rings is 1. The number of pyridine rings is 2. The fourth-order valence-electron chi connectivity index (χ4n) is 5.28. The Morgan fingerprint density at radius 1 is 1.06 bits per heavy atom. The van der Waals surface area contributed by atoms with Gasteiger partial charge in [0.2, 0.25) is 0 Å². The van der Waals surface area contributed by atoms with Gasteiger partial charge in [-0.05, 0) is 62.8 Å². The second-order valence-corrected chi connectivity index (χ2v) is 9.77. The minimum absolute atomic E-state index is 0.0598. The summed E-state index contributed by atoms with van der Waals surface area (Å²) in [6.45, 7) is 8.44. The van der Waals surface area contributed by atoms with Crippen molar-refractivity contribution < 1.29 is 0 Å². The zero-order valence-electron chi connectivity index (χ0n) is 19.8. The predicted molar refractivity (Wildman–Crippen MR) is 132 cm³/mol. The van der Waals surface area contributed by atoms with Crippen molar-refractivity contribution in [2.75, 3.05) is 18.0 Å². The number of hydrogen-bond donors (Lipinski definition) is 0. The third kappa shape index (κ3) is 3.91. The molecule has 2 unspecified atom stereocenters. The van der Waals surface area contributed by atoms with Gasteiger partial charge in [0, 0.05) is 44.3 Å². The van der Waals surface area contributed by atoms with Crippen LogP contribution in [0, 0.1) is 11.3 Å². The zero-order valence-corrected chi connectivity index (χ0v) is 19.8. The van der Waals surface area contributed by atoms with E-state index in [9.17, 15) is 10.1 Å². The summed E-state index contributed by atoms with van der Waals surface area (Å²) < 4.78 is 1.60. The van der Waals surface area contributed by atoms with Crippen molar-refractivity contribution in [3.63, 3.8) is 0 Å². The smallest absolute Gasteiger partial charge is 0.252 e. The molecule has 3 aromatic rings. The molecule has 2 fully saturated rings. The lowest BCUT2D eigenvalue weighted by atomic mass is 9.98. The lowest BCUT2D eigenvalue weighted by molar-refractivity contribution is 0.119. The first kappa shape index (κ1) is 21.7. The molecule has 1 saturated heterocycles. The first-order chi connectivity index (χ1) is 15.9. The molecule has 2 aromatic heterocycles. The molecule has 1 aromatic carbocycles. The molecule has 0 spiro atoms. The summed E-state index contributed by atoms with van der Waals surface area (Å²) in [5, 5.41) is 9.37. The zero-order chi connectivity index (χ0) is 23.3. The van der Waals surface area contributed by atoms with E-state index in [1.807, 2.05) is 6.07 Å². The van der Waals surface area contributed by atoms with Gasteiger partial charge in [-0.3, -0.25) is 9.69 Å². The van der Waals surface area contributed by atoms with Crippen LogP contribution in [-0.2, 0) is 7.05 Å². The van der Waals surface area contributed by atoms with Crippen molar-refractivity contribution in [1.29, 1.82) is 5.26 Å². The summed E-state index contributed by atoms with van der Waals surface area (Å²) in [7, 11) is 1.75. The second-order valence-electron chi connectivity index (χ2n) is 9.77. The van der Waals surface area contributed by atoms with Crippen LogP contribution in [0.3, 0.4) is 0 Å². The number of nitrogens with zero attached hydrogens (tertiary/aromatic N) is 5. The highest BCUT2D eigenvalue weighted by atomic mass is 16.1. The summed E-state index contributed by atoms with van der Waals surface area (Å²) in [5.74, 6) is 0.778. The molecule has 1 aliphatic carbocycles. The highest BCUT2D eigenvalue weighted by Crippen LogP contribution is 2.40. The SMILES string of the molecule is CC1CN(c2cc(=O)n(C)c3ccc(C#N)nc23)[C@@H](C)CN1C(C)c1ccc(C2CC2)cc1.